The van der Waals surface area contributed by atoms with Crippen LogP contribution >= 0.6 is 23.3 Å². The zero-order valence-electron chi connectivity index (χ0n) is 12.7. The molecule has 7 nitrogen and oxygen atoms in total. The summed E-state index contributed by atoms with van der Waals surface area (Å²) in [5.74, 6) is 0.730. The maximum atomic E-state index is 9.00. The average molecular weight is 383 g/mol. The number of thiophene rings is 1. The van der Waals surface area contributed by atoms with Gasteiger partial charge in [0, 0.05) is 16.0 Å². The van der Waals surface area contributed by atoms with Gasteiger partial charge in [-0.05, 0) is 47.3 Å². The number of nitriles is 1. The Morgan fingerprint density at radius 3 is 2.58 bits per heavy atom. The van der Waals surface area contributed by atoms with E-state index in [1.807, 2.05) is 18.2 Å². The molecule has 0 aliphatic rings. The Morgan fingerprint density at radius 2 is 1.96 bits per heavy atom. The smallest absolute Gasteiger partial charge is 0.556 e. The monoisotopic (exact) mass is 382 g/mol. The number of pyridine rings is 1. The van der Waals surface area contributed by atoms with Crippen LogP contribution in [0, 0.1) is 11.3 Å². The van der Waals surface area contributed by atoms with Gasteiger partial charge in [0.15, 0.2) is 0 Å². The molecule has 2 aromatic heterocycles. The molecule has 24 heavy (non-hydrogen) atoms. The molecular weight excluding hydrogens is 371 g/mol. The van der Waals surface area contributed by atoms with Gasteiger partial charge in [-0.2, -0.15) is 5.26 Å². The second kappa shape index (κ2) is 8.37. The number of benzene rings is 1. The molecule has 0 fully saturated rings. The van der Waals surface area contributed by atoms with Crippen molar-refractivity contribution in [2.45, 2.75) is 4.90 Å². The number of nitrogens with zero attached hydrogens (tertiary/aromatic N) is 3. The van der Waals surface area contributed by atoms with E-state index in [1.54, 1.807) is 18.2 Å². The first-order valence-corrected chi connectivity index (χ1v) is 8.05. The summed E-state index contributed by atoms with van der Waals surface area (Å²) in [6.07, 6.45) is 0. The summed E-state index contributed by atoms with van der Waals surface area (Å²) in [7, 11) is 0. The number of fused-ring (bicyclic) bond motifs is 1. The Balaban J connectivity index is 0.00000208. The molecule has 0 bridgehead atoms. The van der Waals surface area contributed by atoms with E-state index in [4.69, 9.17) is 26.7 Å². The average Bonchev–Trinajstić information content (AvgIpc) is 2.87. The van der Waals surface area contributed by atoms with Crippen LogP contribution in [0.5, 0.6) is 5.75 Å². The molecule has 116 valence electrons. The van der Waals surface area contributed by atoms with Gasteiger partial charge in [-0.15, -0.1) is 11.3 Å². The Labute approximate surface area is 189 Å². The maximum Gasteiger partial charge on any atom is 1.00 e. The predicted octanol–water partition coefficient (Wildman–Crippen LogP) is 0.301. The molecule has 6 N–H and O–H groups in total. The molecule has 0 radical (unpaired) electrons. The van der Waals surface area contributed by atoms with E-state index in [1.165, 1.54) is 11.3 Å². The Morgan fingerprint density at radius 1 is 1.25 bits per heavy atom. The van der Waals surface area contributed by atoms with Gasteiger partial charge in [-0.1, -0.05) is 0 Å². The Kier molecular flexibility index (Phi) is 6.73. The van der Waals surface area contributed by atoms with Crippen LogP contribution in [0.2, 0.25) is 0 Å². The largest absolute Gasteiger partial charge is 1.00 e. The van der Waals surface area contributed by atoms with Crippen molar-refractivity contribution in [3.05, 3.63) is 41.4 Å². The number of nitrogen functional groups attached to an aromatic ring is 2. The van der Waals surface area contributed by atoms with E-state index in [0.717, 1.165) is 16.8 Å². The predicted molar refractivity (Wildman–Crippen MR) is 93.3 cm³/mol. The molecule has 0 saturated heterocycles. The number of aromatic nitrogens is 1. The van der Waals surface area contributed by atoms with Crippen LogP contribution in [0.1, 0.15) is 5.56 Å². The van der Waals surface area contributed by atoms with E-state index in [2.05, 4.69) is 10.5 Å². The van der Waals surface area contributed by atoms with E-state index in [0.29, 0.717) is 26.7 Å². The molecule has 2 heterocycles. The van der Waals surface area contributed by atoms with Crippen molar-refractivity contribution < 1.29 is 56.2 Å². The molecule has 1 aromatic carbocycles. The molecule has 0 spiro atoms. The Hall–Kier alpha value is -1.03. The van der Waals surface area contributed by atoms with Gasteiger partial charge >= 0.3 is 51.4 Å². The summed E-state index contributed by atoms with van der Waals surface area (Å²) < 4.78 is 0. The van der Waals surface area contributed by atoms with Gasteiger partial charge in [-0.3, -0.25) is 5.14 Å². The molecule has 0 aliphatic carbocycles. The topological polar surface area (TPSA) is 138 Å². The van der Waals surface area contributed by atoms with E-state index >= 15 is 0 Å². The summed E-state index contributed by atoms with van der Waals surface area (Å²) >= 11 is 2.39. The summed E-state index contributed by atoms with van der Waals surface area (Å²) in [4.78, 5) is 11.1. The third-order valence-electron chi connectivity index (χ3n) is 3.05. The minimum atomic E-state index is 0. The van der Waals surface area contributed by atoms with E-state index in [9.17, 15) is 0 Å². The summed E-state index contributed by atoms with van der Waals surface area (Å²) in [6.45, 7) is 0. The SMILES string of the molecule is N#Cc1cc2c(N)c([N-]Oc3ccc(SN)cc3)sc2nc1N.[K+]. The second-order valence-corrected chi connectivity index (χ2v) is 6.16. The second-order valence-electron chi connectivity index (χ2n) is 4.48. The number of anilines is 2. The fourth-order valence-electron chi connectivity index (χ4n) is 1.87. The van der Waals surface area contributed by atoms with E-state index in [-0.39, 0.29) is 62.8 Å². The van der Waals surface area contributed by atoms with Crippen LogP contribution < -0.4 is 72.8 Å². The fourth-order valence-corrected chi connectivity index (χ4v) is 3.07. The first-order valence-electron chi connectivity index (χ1n) is 6.36. The normalized spacial score (nSPS) is 10.0. The molecule has 0 amide bonds. The number of nitrogens with two attached hydrogens (primary N) is 3. The third kappa shape index (κ3) is 3.96. The number of hydrogen-bond acceptors (Lipinski definition) is 8. The molecule has 3 rings (SSSR count). The zero-order valence-corrected chi connectivity index (χ0v) is 17.4. The van der Waals surface area contributed by atoms with Gasteiger partial charge in [-0.25, -0.2) is 4.98 Å². The first-order chi connectivity index (χ1) is 11.1. The molecule has 0 atom stereocenters. The molecule has 0 saturated carbocycles. The van der Waals surface area contributed by atoms with Gasteiger partial charge in [0.25, 0.3) is 0 Å². The van der Waals surface area contributed by atoms with Crippen molar-refractivity contribution in [3.8, 4) is 11.8 Å². The zero-order chi connectivity index (χ0) is 16.4. The van der Waals surface area contributed by atoms with Gasteiger partial charge in [0.2, 0.25) is 0 Å². The summed E-state index contributed by atoms with van der Waals surface area (Å²) in [5, 5.41) is 15.6. The van der Waals surface area contributed by atoms with Crippen molar-refractivity contribution in [3.63, 3.8) is 0 Å². The Bertz CT molecular complexity index is 906. The molecule has 10 heteroatoms. The molecular formula is C14H11KN6OS2. The van der Waals surface area contributed by atoms with Crippen LogP contribution in [-0.4, -0.2) is 4.98 Å². The first kappa shape index (κ1) is 19.3. The minimum absolute atomic E-state index is 0. The van der Waals surface area contributed by atoms with Crippen LogP contribution in [-0.2, 0) is 0 Å². The third-order valence-corrected chi connectivity index (χ3v) is 4.58. The van der Waals surface area contributed by atoms with Crippen molar-refractivity contribution in [1.82, 2.24) is 4.98 Å². The molecule has 3 aromatic rings. The maximum absolute atomic E-state index is 9.00. The number of hydrogen-bond donors (Lipinski definition) is 3. The van der Waals surface area contributed by atoms with Crippen molar-refractivity contribution in [2.75, 3.05) is 11.5 Å². The van der Waals surface area contributed by atoms with Gasteiger partial charge in [0.1, 0.15) is 22.5 Å². The van der Waals surface area contributed by atoms with E-state index < -0.39 is 0 Å². The van der Waals surface area contributed by atoms with Gasteiger partial charge < -0.3 is 21.8 Å². The fraction of sp³-hybridized carbons (Fsp3) is 0. The van der Waals surface area contributed by atoms with Crippen LogP contribution in [0.25, 0.3) is 15.7 Å². The van der Waals surface area contributed by atoms with Crippen LogP contribution in [0.3, 0.4) is 0 Å². The minimum Gasteiger partial charge on any atom is -0.556 e. The quantitative estimate of drug-likeness (QED) is 0.335. The van der Waals surface area contributed by atoms with Crippen molar-refractivity contribution in [2.24, 2.45) is 5.14 Å². The van der Waals surface area contributed by atoms with Crippen molar-refractivity contribution >= 4 is 50.0 Å². The van der Waals surface area contributed by atoms with Crippen LogP contribution in [0.4, 0.5) is 16.5 Å². The van der Waals surface area contributed by atoms with Gasteiger partial charge in [0.05, 0.1) is 5.56 Å². The summed E-state index contributed by atoms with van der Waals surface area (Å²) in [6, 6.07) is 10.7. The molecule has 0 aliphatic heterocycles. The standard InChI is InChI=1S/C14H11N6OS2.K/c15-6-7-5-10-11(16)14(22-13(10)19-12(7)17)20-21-8-1-3-9(23-18)4-2-8;/h1-5H,16,18H2,(H2,17,19);/q-1;+1. The van der Waals surface area contributed by atoms with Crippen molar-refractivity contribution in [1.29, 1.82) is 5.26 Å². The van der Waals surface area contributed by atoms with Crippen LogP contribution in [0.15, 0.2) is 35.2 Å². The molecule has 0 unspecified atom stereocenters. The summed E-state index contributed by atoms with van der Waals surface area (Å²) in [5.41, 5.74) is 16.5. The number of rotatable bonds is 4.